The molecule has 3 aromatic rings. The Balaban J connectivity index is 0.000000391. The van der Waals surface area contributed by atoms with Gasteiger partial charge in [-0.05, 0) is 41.8 Å². The number of halogens is 2. The third-order valence-electron chi connectivity index (χ3n) is 4.46. The number of anilines is 3. The molecule has 0 aliphatic heterocycles. The topological polar surface area (TPSA) is 85.5 Å². The molecular weight excluding hydrogens is 510 g/mol. The molecule has 11 heteroatoms. The Bertz CT molecular complexity index is 937. The van der Waals surface area contributed by atoms with Gasteiger partial charge >= 0.3 is 0 Å². The first-order valence-corrected chi connectivity index (χ1v) is 13.7. The summed E-state index contributed by atoms with van der Waals surface area (Å²) < 4.78 is 3.77. The van der Waals surface area contributed by atoms with Gasteiger partial charge in [0.2, 0.25) is 5.95 Å². The highest BCUT2D eigenvalue weighted by molar-refractivity contribution is 14.2. The molecule has 3 heterocycles. The quantitative estimate of drug-likeness (QED) is 0.314. The number of hydrogen-bond donors (Lipinski definition) is 2. The second-order valence-corrected chi connectivity index (χ2v) is 9.36. The van der Waals surface area contributed by atoms with Crippen LogP contribution in [0.2, 0.25) is 5.15 Å². The molecular formula is C17H25ClIN8P. The van der Waals surface area contributed by atoms with Crippen molar-refractivity contribution < 1.29 is 0 Å². The average molecular weight is 535 g/mol. The molecule has 0 aromatic carbocycles. The Morgan fingerprint density at radius 2 is 2.11 bits per heavy atom. The zero-order valence-corrected chi connectivity index (χ0v) is 20.3. The van der Waals surface area contributed by atoms with E-state index in [9.17, 15) is 0 Å². The molecule has 0 amide bonds. The summed E-state index contributed by atoms with van der Waals surface area (Å²) in [6.45, 7) is 6.33. The third-order valence-corrected chi connectivity index (χ3v) is 6.81. The van der Waals surface area contributed by atoms with E-state index in [0.29, 0.717) is 29.0 Å². The predicted octanol–water partition coefficient (Wildman–Crippen LogP) is 5.64. The molecule has 3 aromatic heterocycles. The first-order valence-electron chi connectivity index (χ1n) is 9.27. The average Bonchev–Trinajstić information content (AvgIpc) is 3.34. The fraction of sp³-hybridized carbons (Fsp3) is 0.529. The fourth-order valence-corrected chi connectivity index (χ4v) is 4.14. The molecule has 8 nitrogen and oxygen atoms in total. The summed E-state index contributed by atoms with van der Waals surface area (Å²) in [6.07, 6.45) is 8.55. The maximum absolute atomic E-state index is 6.19. The first-order chi connectivity index (χ1) is 13.5. The highest BCUT2D eigenvalue weighted by atomic mass is 127. The van der Waals surface area contributed by atoms with Gasteiger partial charge in [0.15, 0.2) is 22.1 Å². The number of imidazole rings is 1. The molecule has 1 fully saturated rings. The number of nitrogens with one attached hydrogen (secondary N) is 2. The summed E-state index contributed by atoms with van der Waals surface area (Å²) in [7, 11) is 1.81. The molecule has 1 aliphatic rings. The molecule has 1 atom stereocenters. The standard InChI is InChI=1S/C12H15ClIN8P.C5H10/c1-6(2)21-4-7(9(13)20-21)17-12-18-10(15-3)8-11(19-12)22(23-14)5-16-8;1-2-5-3-4-5/h4-6,23H,1-3H3,(H2,15,17,18,19);5H,2-4H2,1H3. The van der Waals surface area contributed by atoms with Crippen LogP contribution in [0.25, 0.3) is 11.2 Å². The van der Waals surface area contributed by atoms with Crippen molar-refractivity contribution in [1.29, 1.82) is 0 Å². The second kappa shape index (κ2) is 9.54. The maximum atomic E-state index is 6.19. The van der Waals surface area contributed by atoms with Crippen molar-refractivity contribution in [1.82, 2.24) is 29.1 Å². The molecule has 1 unspecified atom stereocenters. The zero-order valence-electron chi connectivity index (χ0n) is 16.4. The van der Waals surface area contributed by atoms with Crippen molar-refractivity contribution in [3.05, 3.63) is 17.7 Å². The van der Waals surface area contributed by atoms with Gasteiger partial charge in [-0.1, -0.05) is 37.8 Å². The van der Waals surface area contributed by atoms with Crippen LogP contribution in [0.4, 0.5) is 17.5 Å². The molecule has 0 saturated heterocycles. The van der Waals surface area contributed by atoms with Gasteiger partial charge in [0.05, 0.1) is 18.3 Å². The number of nitrogens with zero attached hydrogens (tertiary/aromatic N) is 6. The Morgan fingerprint density at radius 1 is 1.36 bits per heavy atom. The minimum absolute atomic E-state index is 0.223. The van der Waals surface area contributed by atoms with E-state index in [-0.39, 0.29) is 6.04 Å². The molecule has 28 heavy (non-hydrogen) atoms. The summed E-state index contributed by atoms with van der Waals surface area (Å²) in [5.41, 5.74) is 2.18. The van der Waals surface area contributed by atoms with Crippen molar-refractivity contribution in [2.75, 3.05) is 17.7 Å². The van der Waals surface area contributed by atoms with Crippen molar-refractivity contribution in [2.45, 2.75) is 46.1 Å². The van der Waals surface area contributed by atoms with Crippen LogP contribution in [-0.4, -0.2) is 36.1 Å². The highest BCUT2D eigenvalue weighted by Gasteiger charge is 2.17. The largest absolute Gasteiger partial charge is 0.371 e. The summed E-state index contributed by atoms with van der Waals surface area (Å²) in [6, 6.07) is 0.223. The molecule has 0 spiro atoms. The molecule has 2 N–H and O–H groups in total. The van der Waals surface area contributed by atoms with Crippen molar-refractivity contribution in [3.63, 3.8) is 0 Å². The zero-order chi connectivity index (χ0) is 20.3. The Kier molecular flexibility index (Phi) is 7.33. The van der Waals surface area contributed by atoms with Crippen LogP contribution in [-0.2, 0) is 0 Å². The van der Waals surface area contributed by atoms with Crippen LogP contribution < -0.4 is 10.6 Å². The fourth-order valence-electron chi connectivity index (χ4n) is 2.56. The predicted molar refractivity (Wildman–Crippen MR) is 127 cm³/mol. The number of rotatable bonds is 6. The van der Waals surface area contributed by atoms with E-state index in [1.807, 2.05) is 24.4 Å². The lowest BCUT2D eigenvalue weighted by molar-refractivity contribution is 0.533. The van der Waals surface area contributed by atoms with Gasteiger partial charge in [-0.3, -0.25) is 9.02 Å². The van der Waals surface area contributed by atoms with E-state index >= 15 is 0 Å². The van der Waals surface area contributed by atoms with Gasteiger partial charge in [0, 0.05) is 13.1 Å². The van der Waals surface area contributed by atoms with Gasteiger partial charge < -0.3 is 10.6 Å². The Labute approximate surface area is 184 Å². The van der Waals surface area contributed by atoms with E-state index in [1.54, 1.807) is 18.1 Å². The number of fused-ring (bicyclic) bond motifs is 1. The molecule has 1 saturated carbocycles. The van der Waals surface area contributed by atoms with Crippen LogP contribution in [0.15, 0.2) is 12.5 Å². The number of aromatic nitrogens is 6. The van der Waals surface area contributed by atoms with Crippen LogP contribution in [0, 0.1) is 5.92 Å². The molecule has 1 aliphatic carbocycles. The number of hydrogen-bond acceptors (Lipinski definition) is 6. The summed E-state index contributed by atoms with van der Waals surface area (Å²) in [5, 5.41) is 10.8. The SMILES string of the molecule is CCC1CC1.CNc1nc(Nc2cn(C(C)C)nc2Cl)nc2c1ncn2PI. The summed E-state index contributed by atoms with van der Waals surface area (Å²) in [4.78, 5) is 13.4. The van der Waals surface area contributed by atoms with Crippen LogP contribution in [0.5, 0.6) is 0 Å². The Hall–Kier alpha value is -1.19. The van der Waals surface area contributed by atoms with Crippen molar-refractivity contribution in [3.8, 4) is 0 Å². The van der Waals surface area contributed by atoms with Gasteiger partial charge in [-0.2, -0.15) is 15.1 Å². The van der Waals surface area contributed by atoms with E-state index in [1.165, 1.54) is 19.3 Å². The monoisotopic (exact) mass is 534 g/mol. The normalized spacial score (nSPS) is 14.0. The molecule has 152 valence electrons. The summed E-state index contributed by atoms with van der Waals surface area (Å²) >= 11 is 8.47. The van der Waals surface area contributed by atoms with Gasteiger partial charge in [0.25, 0.3) is 0 Å². The van der Waals surface area contributed by atoms with Crippen LogP contribution >= 0.6 is 40.0 Å². The van der Waals surface area contributed by atoms with Crippen LogP contribution in [0.1, 0.15) is 46.1 Å². The minimum Gasteiger partial charge on any atom is -0.371 e. The smallest absolute Gasteiger partial charge is 0.231 e. The van der Waals surface area contributed by atoms with E-state index in [2.05, 4.69) is 59.6 Å². The van der Waals surface area contributed by atoms with E-state index < -0.39 is 0 Å². The van der Waals surface area contributed by atoms with E-state index in [4.69, 9.17) is 11.6 Å². The first kappa shape index (κ1) is 21.5. The Morgan fingerprint density at radius 3 is 2.61 bits per heavy atom. The maximum Gasteiger partial charge on any atom is 0.231 e. The van der Waals surface area contributed by atoms with Crippen molar-refractivity contribution in [2.24, 2.45) is 5.92 Å². The lowest BCUT2D eigenvalue weighted by Gasteiger charge is -2.07. The van der Waals surface area contributed by atoms with E-state index in [0.717, 1.165) is 17.1 Å². The molecule has 4 rings (SSSR count). The van der Waals surface area contributed by atoms with Gasteiger partial charge in [-0.25, -0.2) is 4.98 Å². The second-order valence-electron chi connectivity index (χ2n) is 6.90. The van der Waals surface area contributed by atoms with Gasteiger partial charge in [0.1, 0.15) is 6.33 Å². The third kappa shape index (κ3) is 5.04. The lowest BCUT2D eigenvalue weighted by Crippen LogP contribution is -2.03. The van der Waals surface area contributed by atoms with Crippen molar-refractivity contribution >= 4 is 68.6 Å². The lowest BCUT2D eigenvalue weighted by atomic mass is 10.3. The highest BCUT2D eigenvalue weighted by Crippen LogP contribution is 2.32. The molecule has 0 bridgehead atoms. The minimum atomic E-state index is 0.223. The van der Waals surface area contributed by atoms with Gasteiger partial charge in [-0.15, -0.1) is 0 Å². The molecule has 0 radical (unpaired) electrons. The summed E-state index contributed by atoms with van der Waals surface area (Å²) in [5.74, 6) is 2.25. The van der Waals surface area contributed by atoms with Crippen LogP contribution in [0.3, 0.4) is 0 Å².